The van der Waals surface area contributed by atoms with Crippen molar-refractivity contribution in [3.63, 3.8) is 0 Å². The molecule has 0 aromatic carbocycles. The number of carbonyl (C=O) groups excluding carboxylic acids is 1. The standard InChI is InChI=1S/C20H29N3O4S/c1-15(2)23(13-17-9-8-16(3)27-17)20(24)19-12-18(14-21(19)4)28(25,26)22-10-6-5-7-11-22/h8-9,12,14-15H,5-7,10-11,13H2,1-4H3. The second-order valence-corrected chi connectivity index (χ2v) is 9.61. The van der Waals surface area contributed by atoms with Crippen molar-refractivity contribution in [3.05, 3.63) is 41.6 Å². The molecule has 8 heteroatoms. The lowest BCUT2D eigenvalue weighted by atomic mass is 10.2. The minimum atomic E-state index is -3.58. The number of aromatic nitrogens is 1. The number of hydrogen-bond donors (Lipinski definition) is 0. The second kappa shape index (κ2) is 8.13. The van der Waals surface area contributed by atoms with Gasteiger partial charge in [-0.2, -0.15) is 4.31 Å². The third-order valence-corrected chi connectivity index (χ3v) is 7.02. The lowest BCUT2D eigenvalue weighted by Crippen LogP contribution is -2.37. The van der Waals surface area contributed by atoms with Gasteiger partial charge in [0.15, 0.2) is 0 Å². The van der Waals surface area contributed by atoms with Gasteiger partial charge in [0, 0.05) is 32.4 Å². The Kier molecular flexibility index (Phi) is 6.00. The van der Waals surface area contributed by atoms with Crippen LogP contribution in [0.2, 0.25) is 0 Å². The number of nitrogens with zero attached hydrogens (tertiary/aromatic N) is 3. The maximum atomic E-state index is 13.2. The molecule has 3 rings (SSSR count). The Balaban J connectivity index is 1.86. The Morgan fingerprint density at radius 3 is 2.46 bits per heavy atom. The highest BCUT2D eigenvalue weighted by molar-refractivity contribution is 7.89. The fourth-order valence-corrected chi connectivity index (χ4v) is 5.11. The number of hydrogen-bond acceptors (Lipinski definition) is 4. The summed E-state index contributed by atoms with van der Waals surface area (Å²) in [4.78, 5) is 15.1. The maximum Gasteiger partial charge on any atom is 0.271 e. The molecule has 2 aromatic rings. The molecule has 0 bridgehead atoms. The fourth-order valence-electron chi connectivity index (χ4n) is 3.52. The van der Waals surface area contributed by atoms with Crippen molar-refractivity contribution in [1.82, 2.24) is 13.8 Å². The van der Waals surface area contributed by atoms with E-state index in [1.54, 1.807) is 16.5 Å². The Morgan fingerprint density at radius 2 is 1.89 bits per heavy atom. The van der Waals surface area contributed by atoms with Gasteiger partial charge in [0.2, 0.25) is 10.0 Å². The van der Waals surface area contributed by atoms with Gasteiger partial charge >= 0.3 is 0 Å². The molecule has 28 heavy (non-hydrogen) atoms. The van der Waals surface area contributed by atoms with E-state index in [2.05, 4.69) is 0 Å². The number of piperidine rings is 1. The molecule has 1 saturated heterocycles. The molecule has 7 nitrogen and oxygen atoms in total. The van der Waals surface area contributed by atoms with E-state index in [1.165, 1.54) is 16.6 Å². The Morgan fingerprint density at radius 1 is 1.21 bits per heavy atom. The highest BCUT2D eigenvalue weighted by Crippen LogP contribution is 2.24. The average molecular weight is 408 g/mol. The zero-order chi connectivity index (χ0) is 20.5. The van der Waals surface area contributed by atoms with Crippen molar-refractivity contribution < 1.29 is 17.6 Å². The Bertz CT molecular complexity index is 937. The molecule has 0 N–H and O–H groups in total. The van der Waals surface area contributed by atoms with Gasteiger partial charge in [-0.25, -0.2) is 8.42 Å². The summed E-state index contributed by atoms with van der Waals surface area (Å²) in [5.74, 6) is 1.28. The van der Waals surface area contributed by atoms with Crippen molar-refractivity contribution in [2.75, 3.05) is 13.1 Å². The monoisotopic (exact) mass is 407 g/mol. The highest BCUT2D eigenvalue weighted by Gasteiger charge is 2.30. The first kappa shape index (κ1) is 20.7. The number of rotatable bonds is 6. The van der Waals surface area contributed by atoms with Gasteiger partial charge in [0.1, 0.15) is 22.1 Å². The van der Waals surface area contributed by atoms with Crippen LogP contribution in [-0.2, 0) is 23.6 Å². The quantitative estimate of drug-likeness (QED) is 0.737. The van der Waals surface area contributed by atoms with Crippen LogP contribution < -0.4 is 0 Å². The van der Waals surface area contributed by atoms with Crippen LogP contribution in [0.4, 0.5) is 0 Å². The van der Waals surface area contributed by atoms with Gasteiger partial charge in [0.05, 0.1) is 6.54 Å². The molecule has 1 fully saturated rings. The van der Waals surface area contributed by atoms with Crippen LogP contribution in [0.15, 0.2) is 33.7 Å². The summed E-state index contributed by atoms with van der Waals surface area (Å²) >= 11 is 0. The van der Waals surface area contributed by atoms with Crippen LogP contribution in [-0.4, -0.2) is 47.2 Å². The topological polar surface area (TPSA) is 75.8 Å². The second-order valence-electron chi connectivity index (χ2n) is 7.68. The first-order valence-electron chi connectivity index (χ1n) is 9.73. The van der Waals surface area contributed by atoms with Gasteiger partial charge in [-0.15, -0.1) is 0 Å². The lowest BCUT2D eigenvalue weighted by molar-refractivity contribution is 0.0665. The van der Waals surface area contributed by atoms with Crippen LogP contribution in [0.5, 0.6) is 0 Å². The molecule has 1 amide bonds. The van der Waals surface area contributed by atoms with Gasteiger partial charge in [-0.05, 0) is 51.8 Å². The summed E-state index contributed by atoms with van der Waals surface area (Å²) in [6.45, 7) is 7.14. The fraction of sp³-hybridized carbons (Fsp3) is 0.550. The molecule has 0 radical (unpaired) electrons. The molecule has 0 atom stereocenters. The highest BCUT2D eigenvalue weighted by atomic mass is 32.2. The van der Waals surface area contributed by atoms with Crippen molar-refractivity contribution in [3.8, 4) is 0 Å². The molecule has 3 heterocycles. The molecule has 1 aliphatic heterocycles. The average Bonchev–Trinajstić information content (AvgIpc) is 3.25. The largest absolute Gasteiger partial charge is 0.464 e. The number of sulfonamides is 1. The zero-order valence-electron chi connectivity index (χ0n) is 17.0. The van der Waals surface area contributed by atoms with Crippen molar-refractivity contribution >= 4 is 15.9 Å². The summed E-state index contributed by atoms with van der Waals surface area (Å²) in [6.07, 6.45) is 4.34. The van der Waals surface area contributed by atoms with E-state index in [1.807, 2.05) is 32.9 Å². The molecule has 0 aliphatic carbocycles. The molecular weight excluding hydrogens is 378 g/mol. The first-order valence-corrected chi connectivity index (χ1v) is 11.2. The molecule has 2 aromatic heterocycles. The minimum absolute atomic E-state index is 0.0602. The van der Waals surface area contributed by atoms with Crippen LogP contribution in [0.25, 0.3) is 0 Å². The van der Waals surface area contributed by atoms with Crippen molar-refractivity contribution in [2.45, 2.75) is 57.5 Å². The summed E-state index contributed by atoms with van der Waals surface area (Å²) in [7, 11) is -1.87. The minimum Gasteiger partial charge on any atom is -0.464 e. The Labute approximate surface area is 167 Å². The van der Waals surface area contributed by atoms with Gasteiger partial charge in [-0.3, -0.25) is 4.79 Å². The normalized spacial score (nSPS) is 15.9. The summed E-state index contributed by atoms with van der Waals surface area (Å²) in [5.41, 5.74) is 0.354. The van der Waals surface area contributed by atoms with Crippen LogP contribution in [0.1, 0.15) is 55.1 Å². The van der Waals surface area contributed by atoms with Crippen LogP contribution in [0, 0.1) is 6.92 Å². The summed E-state index contributed by atoms with van der Waals surface area (Å²) in [5, 5.41) is 0. The summed E-state index contributed by atoms with van der Waals surface area (Å²) < 4.78 is 34.6. The van der Waals surface area contributed by atoms with Gasteiger partial charge in [0.25, 0.3) is 5.91 Å². The third kappa shape index (κ3) is 4.17. The molecule has 0 unspecified atom stereocenters. The van der Waals surface area contributed by atoms with Gasteiger partial charge < -0.3 is 13.9 Å². The first-order chi connectivity index (χ1) is 13.2. The molecule has 0 saturated carbocycles. The van der Waals surface area contributed by atoms with E-state index in [4.69, 9.17) is 4.42 Å². The van der Waals surface area contributed by atoms with E-state index in [9.17, 15) is 13.2 Å². The SMILES string of the molecule is Cc1ccc(CN(C(=O)c2cc(S(=O)(=O)N3CCCCC3)cn2C)C(C)C)o1. The molecule has 154 valence electrons. The Hall–Kier alpha value is -2.06. The van der Waals surface area contributed by atoms with Crippen molar-refractivity contribution in [1.29, 1.82) is 0 Å². The van der Waals surface area contributed by atoms with E-state index < -0.39 is 10.0 Å². The number of carbonyl (C=O) groups is 1. The number of furan rings is 1. The van der Waals surface area contributed by atoms with E-state index >= 15 is 0 Å². The van der Waals surface area contributed by atoms with E-state index in [0.717, 1.165) is 25.0 Å². The van der Waals surface area contributed by atoms with E-state index in [-0.39, 0.29) is 16.8 Å². The van der Waals surface area contributed by atoms with Crippen molar-refractivity contribution in [2.24, 2.45) is 7.05 Å². The maximum absolute atomic E-state index is 13.2. The number of amides is 1. The molecular formula is C20H29N3O4S. The zero-order valence-corrected chi connectivity index (χ0v) is 17.8. The van der Waals surface area contributed by atoms with Crippen LogP contribution >= 0.6 is 0 Å². The molecule has 0 spiro atoms. The number of aryl methyl sites for hydroxylation is 2. The summed E-state index contributed by atoms with van der Waals surface area (Å²) in [6, 6.07) is 5.16. The lowest BCUT2D eigenvalue weighted by Gasteiger charge is -2.26. The predicted molar refractivity (Wildman–Crippen MR) is 106 cm³/mol. The van der Waals surface area contributed by atoms with Gasteiger partial charge in [-0.1, -0.05) is 6.42 Å². The van der Waals surface area contributed by atoms with E-state index in [0.29, 0.717) is 31.1 Å². The smallest absolute Gasteiger partial charge is 0.271 e. The predicted octanol–water partition coefficient (Wildman–Crippen LogP) is 3.15. The third-order valence-electron chi connectivity index (χ3n) is 5.16. The van der Waals surface area contributed by atoms with Crippen LogP contribution in [0.3, 0.4) is 0 Å². The molecule has 1 aliphatic rings.